The average molecular weight is 422 g/mol. The van der Waals surface area contributed by atoms with Crippen LogP contribution in [0.5, 0.6) is 5.75 Å². The summed E-state index contributed by atoms with van der Waals surface area (Å²) >= 11 is 1.51. The van der Waals surface area contributed by atoms with Gasteiger partial charge in [-0.25, -0.2) is 4.98 Å². The molecule has 1 fully saturated rings. The smallest absolute Gasteiger partial charge is 0.188 e. The second-order valence-electron chi connectivity index (χ2n) is 7.08. The van der Waals surface area contributed by atoms with Crippen LogP contribution in [-0.4, -0.2) is 49.1 Å². The Labute approximate surface area is 183 Å². The van der Waals surface area contributed by atoms with Crippen LogP contribution in [0.15, 0.2) is 71.5 Å². The van der Waals surface area contributed by atoms with Gasteiger partial charge in [-0.3, -0.25) is 0 Å². The van der Waals surface area contributed by atoms with Crippen molar-refractivity contribution in [2.45, 2.75) is 18.8 Å². The number of para-hydroxylation sites is 1. The minimum atomic E-state index is 0.208. The summed E-state index contributed by atoms with van der Waals surface area (Å²) in [6.07, 6.45) is 5.24. The normalized spacial score (nSPS) is 16.8. The van der Waals surface area contributed by atoms with E-state index in [1.165, 1.54) is 17.4 Å². The summed E-state index contributed by atoms with van der Waals surface area (Å²) < 4.78 is 5.92. The number of hydrogen-bond acceptors (Lipinski definition) is 7. The van der Waals surface area contributed by atoms with Crippen molar-refractivity contribution in [1.29, 1.82) is 0 Å². The Morgan fingerprint density at radius 1 is 1.37 bits per heavy atom. The predicted molar refractivity (Wildman–Crippen MR) is 124 cm³/mol. The van der Waals surface area contributed by atoms with Crippen molar-refractivity contribution in [2.24, 2.45) is 5.73 Å². The molecule has 0 spiro atoms. The number of β-amino-alcohol motifs (C(OH)–C–C–N with tert-alkyl or cyclic N) is 1. The summed E-state index contributed by atoms with van der Waals surface area (Å²) in [5, 5.41) is 15.0. The second kappa shape index (κ2) is 11.0. The molecule has 1 aromatic carbocycles. The van der Waals surface area contributed by atoms with Gasteiger partial charge in [0.2, 0.25) is 0 Å². The van der Waals surface area contributed by atoms with Crippen molar-refractivity contribution < 1.29 is 9.84 Å². The number of likely N-dealkylation sites (tertiary alicyclic amines) is 1. The third-order valence-electron chi connectivity index (χ3n) is 4.96. The molecule has 30 heavy (non-hydrogen) atoms. The Hall–Kier alpha value is -2.55. The highest BCUT2D eigenvalue weighted by Gasteiger charge is 2.22. The molecule has 2 heterocycles. The van der Waals surface area contributed by atoms with E-state index in [-0.39, 0.29) is 6.61 Å². The van der Waals surface area contributed by atoms with Gasteiger partial charge in [-0.15, -0.1) is 11.3 Å². The average Bonchev–Trinajstić information content (AvgIpc) is 3.23. The monoisotopic (exact) mass is 422 g/mol. The van der Waals surface area contributed by atoms with Crippen LogP contribution < -0.4 is 15.8 Å². The third kappa shape index (κ3) is 6.22. The molecule has 0 aliphatic carbocycles. The molecule has 0 saturated carbocycles. The SMILES string of the molecule is [B]/C(C=C)=C/C(Oc1ccccc1)=C(\N)Nc1nc(C2CCN(CCO)CC2)cs1. The van der Waals surface area contributed by atoms with Crippen LogP contribution in [-0.2, 0) is 0 Å². The molecule has 0 amide bonds. The fourth-order valence-corrected chi connectivity index (χ4v) is 4.09. The summed E-state index contributed by atoms with van der Waals surface area (Å²) in [5.41, 5.74) is 7.80. The van der Waals surface area contributed by atoms with E-state index in [1.807, 2.05) is 30.3 Å². The van der Waals surface area contributed by atoms with Crippen LogP contribution in [0.2, 0.25) is 0 Å². The number of piperidine rings is 1. The molecule has 156 valence electrons. The zero-order chi connectivity index (χ0) is 21.3. The number of nitrogens with zero attached hydrogens (tertiary/aromatic N) is 2. The van der Waals surface area contributed by atoms with Gasteiger partial charge in [0.1, 0.15) is 19.4 Å². The number of nitrogens with one attached hydrogen (secondary N) is 1. The number of ether oxygens (including phenoxy) is 1. The van der Waals surface area contributed by atoms with Crippen molar-refractivity contribution in [2.75, 3.05) is 31.6 Å². The summed E-state index contributed by atoms with van der Waals surface area (Å²) in [6.45, 7) is 6.58. The lowest BCUT2D eigenvalue weighted by Gasteiger charge is -2.30. The van der Waals surface area contributed by atoms with Crippen LogP contribution in [0.4, 0.5) is 5.13 Å². The van der Waals surface area contributed by atoms with Crippen LogP contribution in [0.1, 0.15) is 24.5 Å². The number of benzene rings is 1. The van der Waals surface area contributed by atoms with Crippen LogP contribution in [0.25, 0.3) is 0 Å². The minimum Gasteiger partial charge on any atom is -0.454 e. The molecule has 2 radical (unpaired) electrons. The number of allylic oxidation sites excluding steroid dienone is 3. The van der Waals surface area contributed by atoms with Crippen molar-refractivity contribution in [1.82, 2.24) is 9.88 Å². The molecule has 1 aliphatic rings. The quantitative estimate of drug-likeness (QED) is 0.327. The maximum atomic E-state index is 9.09. The maximum absolute atomic E-state index is 9.09. The van der Waals surface area contributed by atoms with E-state index in [2.05, 4.69) is 22.2 Å². The standard InChI is InChI=1S/C22H27BN4O2S/c1-2-17(23)14-20(29-18-6-4-3-5-7-18)21(24)26-22-25-19(15-30-22)16-8-10-27(11-9-16)12-13-28/h2-7,14-16,28H,1,8-13,24H2,(H,25,26)/b17-14+,21-20-. The molecule has 0 bridgehead atoms. The Morgan fingerprint density at radius 2 is 2.10 bits per heavy atom. The lowest BCUT2D eigenvalue weighted by atomic mass is 9.94. The number of anilines is 1. The van der Waals surface area contributed by atoms with Gasteiger partial charge in [-0.2, -0.15) is 0 Å². The molecule has 4 N–H and O–H groups in total. The van der Waals surface area contributed by atoms with Crippen molar-refractivity contribution in [3.63, 3.8) is 0 Å². The lowest BCUT2D eigenvalue weighted by molar-refractivity contribution is 0.163. The molecule has 0 atom stereocenters. The van der Waals surface area contributed by atoms with Crippen molar-refractivity contribution in [3.8, 4) is 5.75 Å². The molecule has 3 rings (SSSR count). The number of nitrogens with two attached hydrogens (primary N) is 1. The van der Waals surface area contributed by atoms with E-state index in [1.54, 1.807) is 6.08 Å². The molecule has 6 nitrogen and oxygen atoms in total. The number of aliphatic hydroxyl groups is 1. The summed E-state index contributed by atoms with van der Waals surface area (Å²) in [7, 11) is 5.91. The lowest BCUT2D eigenvalue weighted by Crippen LogP contribution is -2.35. The second-order valence-corrected chi connectivity index (χ2v) is 7.94. The van der Waals surface area contributed by atoms with Gasteiger partial charge >= 0.3 is 0 Å². The highest BCUT2D eigenvalue weighted by Crippen LogP contribution is 2.30. The summed E-state index contributed by atoms with van der Waals surface area (Å²) in [6, 6.07) is 9.37. The molecule has 1 aromatic heterocycles. The van der Waals surface area contributed by atoms with E-state index in [0.717, 1.165) is 38.2 Å². The van der Waals surface area contributed by atoms with E-state index in [9.17, 15) is 0 Å². The van der Waals surface area contributed by atoms with Crippen LogP contribution in [0.3, 0.4) is 0 Å². The van der Waals surface area contributed by atoms with Gasteiger partial charge in [0, 0.05) is 17.8 Å². The van der Waals surface area contributed by atoms with Gasteiger partial charge in [0.25, 0.3) is 0 Å². The number of hydrogen-bond donors (Lipinski definition) is 3. The Kier molecular flexibility index (Phi) is 8.13. The first-order chi connectivity index (χ1) is 14.6. The first-order valence-corrected chi connectivity index (χ1v) is 10.8. The maximum Gasteiger partial charge on any atom is 0.188 e. The van der Waals surface area contributed by atoms with E-state index in [0.29, 0.717) is 33.9 Å². The van der Waals surface area contributed by atoms with E-state index < -0.39 is 0 Å². The molecular formula is C22H27BN4O2S. The number of aromatic nitrogens is 1. The van der Waals surface area contributed by atoms with Gasteiger partial charge in [-0.1, -0.05) is 36.3 Å². The first kappa shape index (κ1) is 22.1. The highest BCUT2D eigenvalue weighted by atomic mass is 32.1. The van der Waals surface area contributed by atoms with Crippen molar-refractivity contribution >= 4 is 24.3 Å². The third-order valence-corrected chi connectivity index (χ3v) is 5.73. The van der Waals surface area contributed by atoms with Gasteiger partial charge in [0.15, 0.2) is 10.9 Å². The molecule has 1 saturated heterocycles. The first-order valence-electron chi connectivity index (χ1n) is 9.97. The molecule has 1 aliphatic heterocycles. The molecule has 2 aromatic rings. The minimum absolute atomic E-state index is 0.208. The number of rotatable bonds is 9. The van der Waals surface area contributed by atoms with Gasteiger partial charge in [-0.05, 0) is 44.1 Å². The van der Waals surface area contributed by atoms with Crippen LogP contribution >= 0.6 is 11.3 Å². The summed E-state index contributed by atoms with van der Waals surface area (Å²) in [4.78, 5) is 7.02. The molecular weight excluding hydrogens is 395 g/mol. The number of aliphatic hydroxyl groups excluding tert-OH is 1. The van der Waals surface area contributed by atoms with Gasteiger partial charge < -0.3 is 25.8 Å². The molecule has 8 heteroatoms. The Balaban J connectivity index is 1.71. The van der Waals surface area contributed by atoms with Crippen molar-refractivity contribution in [3.05, 3.63) is 77.2 Å². The zero-order valence-corrected chi connectivity index (χ0v) is 17.8. The summed E-state index contributed by atoms with van der Waals surface area (Å²) in [5.74, 6) is 1.79. The zero-order valence-electron chi connectivity index (χ0n) is 17.0. The topological polar surface area (TPSA) is 83.6 Å². The highest BCUT2D eigenvalue weighted by molar-refractivity contribution is 7.13. The van der Waals surface area contributed by atoms with E-state index >= 15 is 0 Å². The van der Waals surface area contributed by atoms with E-state index in [4.69, 9.17) is 28.4 Å². The fourth-order valence-electron chi connectivity index (χ4n) is 3.29. The van der Waals surface area contributed by atoms with Gasteiger partial charge in [0.05, 0.1) is 12.3 Å². The Morgan fingerprint density at radius 3 is 2.77 bits per heavy atom. The largest absolute Gasteiger partial charge is 0.454 e. The number of thiazole rings is 1. The molecule has 0 unspecified atom stereocenters. The fraction of sp³-hybridized carbons (Fsp3) is 0.318. The van der Waals surface area contributed by atoms with Crippen LogP contribution in [0, 0.1) is 0 Å². The Bertz CT molecular complexity index is 890. The predicted octanol–water partition coefficient (Wildman–Crippen LogP) is 3.17.